The first-order chi connectivity index (χ1) is 18.0. The third kappa shape index (κ3) is 6.21. The van der Waals surface area contributed by atoms with E-state index in [2.05, 4.69) is 41.2 Å². The summed E-state index contributed by atoms with van der Waals surface area (Å²) in [5.41, 5.74) is 8.91. The highest BCUT2D eigenvalue weighted by atomic mass is 16.5. The molecule has 1 aromatic heterocycles. The van der Waals surface area contributed by atoms with Crippen molar-refractivity contribution >= 4 is 11.8 Å². The summed E-state index contributed by atoms with van der Waals surface area (Å²) >= 11 is 0. The van der Waals surface area contributed by atoms with Gasteiger partial charge in [-0.3, -0.25) is 9.59 Å². The van der Waals surface area contributed by atoms with Gasteiger partial charge in [0.25, 0.3) is 0 Å². The maximum Gasteiger partial charge on any atom is 0.226 e. The van der Waals surface area contributed by atoms with Gasteiger partial charge in [-0.05, 0) is 36.1 Å². The van der Waals surface area contributed by atoms with Gasteiger partial charge < -0.3 is 20.4 Å². The number of imidazole rings is 1. The molecular weight excluding hydrogens is 464 g/mol. The number of nitrogens with one attached hydrogen (secondary N) is 1. The van der Waals surface area contributed by atoms with Gasteiger partial charge in [-0.25, -0.2) is 4.98 Å². The summed E-state index contributed by atoms with van der Waals surface area (Å²) in [6.45, 7) is 3.53. The number of nitrogens with two attached hydrogens (primary N) is 1. The number of aromatic nitrogens is 2. The summed E-state index contributed by atoms with van der Waals surface area (Å²) in [6.07, 6.45) is 8.54. The van der Waals surface area contributed by atoms with Gasteiger partial charge in [0, 0.05) is 36.8 Å². The lowest BCUT2D eigenvalue weighted by Crippen LogP contribution is -2.63. The predicted octanol–water partition coefficient (Wildman–Crippen LogP) is 4.28. The lowest BCUT2D eigenvalue weighted by Gasteiger charge is -2.52. The number of unbranched alkanes of at least 4 members (excludes halogenated alkanes) is 2. The molecule has 37 heavy (non-hydrogen) atoms. The highest BCUT2D eigenvalue weighted by Gasteiger charge is 2.48. The van der Waals surface area contributed by atoms with Gasteiger partial charge in [0.2, 0.25) is 11.8 Å². The van der Waals surface area contributed by atoms with Crippen LogP contribution in [0.3, 0.4) is 0 Å². The second-order valence-electron chi connectivity index (χ2n) is 10.2. The minimum absolute atomic E-state index is 0.0128. The molecule has 1 aliphatic rings. The summed E-state index contributed by atoms with van der Waals surface area (Å²) in [4.78, 5) is 35.8. The van der Waals surface area contributed by atoms with E-state index in [-0.39, 0.29) is 11.3 Å². The molecule has 2 aromatic carbocycles. The van der Waals surface area contributed by atoms with Gasteiger partial charge in [0.15, 0.2) is 0 Å². The normalized spacial score (nSPS) is 16.0. The highest BCUT2D eigenvalue weighted by Crippen LogP contribution is 2.41. The Morgan fingerprint density at radius 1 is 1.05 bits per heavy atom. The second kappa shape index (κ2) is 12.1. The van der Waals surface area contributed by atoms with E-state index in [1.54, 1.807) is 19.6 Å². The molecule has 0 saturated carbocycles. The van der Waals surface area contributed by atoms with Crippen LogP contribution in [-0.2, 0) is 27.8 Å². The molecule has 196 valence electrons. The SMILES string of the molecule is CCCCCC1(c2ccccc2)CN(C(=O)[C@H](Cc2ccc(OC)cc2)C(Cc2cnc[nH]2)C(N)=O)C1. The number of methoxy groups -OCH3 is 1. The molecule has 2 heterocycles. The number of primary amides is 1. The zero-order valence-electron chi connectivity index (χ0n) is 21.9. The molecule has 3 aromatic rings. The van der Waals surface area contributed by atoms with E-state index < -0.39 is 17.7 Å². The van der Waals surface area contributed by atoms with E-state index >= 15 is 0 Å². The van der Waals surface area contributed by atoms with Crippen molar-refractivity contribution in [3.63, 3.8) is 0 Å². The summed E-state index contributed by atoms with van der Waals surface area (Å²) < 4.78 is 5.29. The first-order valence-corrected chi connectivity index (χ1v) is 13.2. The molecule has 7 nitrogen and oxygen atoms in total. The standard InChI is InChI=1S/C30H38N4O3/c1-3-4-8-15-30(23-9-6-5-7-10-23)19-34(20-30)29(36)27(16-22-11-13-25(37-2)14-12-22)26(28(31)35)17-24-18-32-21-33-24/h5-7,9-14,18,21,26-27H,3-4,8,15-17,19-20H2,1-2H3,(H2,31,35)(H,32,33)/t26?,27-/m1/s1. The molecule has 1 aliphatic heterocycles. The Morgan fingerprint density at radius 3 is 2.38 bits per heavy atom. The quantitative estimate of drug-likeness (QED) is 0.341. The summed E-state index contributed by atoms with van der Waals surface area (Å²) in [6, 6.07) is 18.2. The maximum absolute atomic E-state index is 14.0. The van der Waals surface area contributed by atoms with Crippen molar-refractivity contribution in [3.8, 4) is 5.75 Å². The van der Waals surface area contributed by atoms with Crippen LogP contribution in [-0.4, -0.2) is 46.9 Å². The number of nitrogens with zero attached hydrogens (tertiary/aromatic N) is 2. The van der Waals surface area contributed by atoms with Crippen LogP contribution >= 0.6 is 0 Å². The van der Waals surface area contributed by atoms with Crippen LogP contribution in [0.2, 0.25) is 0 Å². The molecule has 4 rings (SSSR count). The van der Waals surface area contributed by atoms with Gasteiger partial charge in [-0.15, -0.1) is 0 Å². The third-order valence-electron chi connectivity index (χ3n) is 7.72. The van der Waals surface area contributed by atoms with Crippen LogP contribution in [0.4, 0.5) is 0 Å². The van der Waals surface area contributed by atoms with Crippen molar-refractivity contribution in [1.29, 1.82) is 0 Å². The summed E-state index contributed by atoms with van der Waals surface area (Å²) in [7, 11) is 1.62. The first-order valence-electron chi connectivity index (χ1n) is 13.2. The molecule has 3 N–H and O–H groups in total. The Bertz CT molecular complexity index is 1140. The molecule has 0 aliphatic carbocycles. The van der Waals surface area contributed by atoms with Crippen LogP contribution in [0.25, 0.3) is 0 Å². The molecule has 2 atom stereocenters. The number of rotatable bonds is 13. The summed E-state index contributed by atoms with van der Waals surface area (Å²) in [5.74, 6) is -0.959. The molecule has 0 radical (unpaired) electrons. The van der Waals surface area contributed by atoms with Crippen LogP contribution in [0.15, 0.2) is 67.1 Å². The molecule has 0 spiro atoms. The van der Waals surface area contributed by atoms with E-state index in [0.717, 1.165) is 36.3 Å². The Balaban J connectivity index is 1.58. The minimum atomic E-state index is -0.651. The van der Waals surface area contributed by atoms with E-state index in [1.807, 2.05) is 35.2 Å². The number of H-pyrrole nitrogens is 1. The minimum Gasteiger partial charge on any atom is -0.497 e. The van der Waals surface area contributed by atoms with Gasteiger partial charge in [0.05, 0.1) is 25.3 Å². The van der Waals surface area contributed by atoms with Crippen molar-refractivity contribution in [2.75, 3.05) is 20.2 Å². The average Bonchev–Trinajstić information content (AvgIpc) is 3.41. The van der Waals surface area contributed by atoms with E-state index in [9.17, 15) is 9.59 Å². The van der Waals surface area contributed by atoms with Crippen LogP contribution in [0, 0.1) is 11.8 Å². The van der Waals surface area contributed by atoms with Gasteiger partial charge in [-0.1, -0.05) is 68.7 Å². The topological polar surface area (TPSA) is 101 Å². The smallest absolute Gasteiger partial charge is 0.226 e. The predicted molar refractivity (Wildman–Crippen MR) is 144 cm³/mol. The largest absolute Gasteiger partial charge is 0.497 e. The molecule has 0 bridgehead atoms. The molecule has 1 fully saturated rings. The fourth-order valence-electron chi connectivity index (χ4n) is 5.56. The zero-order valence-corrected chi connectivity index (χ0v) is 21.9. The average molecular weight is 503 g/mol. The number of carbonyl (C=O) groups is 2. The lowest BCUT2D eigenvalue weighted by atomic mass is 9.69. The van der Waals surface area contributed by atoms with E-state index in [0.29, 0.717) is 25.9 Å². The Labute approximate surface area is 219 Å². The molecule has 1 saturated heterocycles. The van der Waals surface area contributed by atoms with E-state index in [1.165, 1.54) is 12.0 Å². The fraction of sp³-hybridized carbons (Fsp3) is 0.433. The van der Waals surface area contributed by atoms with Crippen molar-refractivity contribution < 1.29 is 14.3 Å². The zero-order chi connectivity index (χ0) is 26.3. The van der Waals surface area contributed by atoms with Crippen molar-refractivity contribution in [1.82, 2.24) is 14.9 Å². The van der Waals surface area contributed by atoms with Crippen molar-refractivity contribution in [3.05, 3.63) is 83.9 Å². The first kappa shape index (κ1) is 26.5. The van der Waals surface area contributed by atoms with Crippen molar-refractivity contribution in [2.24, 2.45) is 17.6 Å². The fourth-order valence-corrected chi connectivity index (χ4v) is 5.56. The number of hydrogen-bond acceptors (Lipinski definition) is 4. The Hall–Kier alpha value is -3.61. The number of amides is 2. The molecular formula is C30H38N4O3. The van der Waals surface area contributed by atoms with Crippen LogP contribution in [0.1, 0.15) is 49.4 Å². The third-order valence-corrected chi connectivity index (χ3v) is 7.72. The van der Waals surface area contributed by atoms with Crippen LogP contribution in [0.5, 0.6) is 5.75 Å². The van der Waals surface area contributed by atoms with Gasteiger partial charge in [0.1, 0.15) is 5.75 Å². The Kier molecular flexibility index (Phi) is 8.64. The monoisotopic (exact) mass is 502 g/mol. The maximum atomic E-state index is 14.0. The highest BCUT2D eigenvalue weighted by molar-refractivity contribution is 5.88. The van der Waals surface area contributed by atoms with Crippen molar-refractivity contribution in [2.45, 2.75) is 50.9 Å². The molecule has 2 amide bonds. The van der Waals surface area contributed by atoms with E-state index in [4.69, 9.17) is 10.5 Å². The Morgan fingerprint density at radius 2 is 1.78 bits per heavy atom. The number of benzene rings is 2. The van der Waals surface area contributed by atoms with Gasteiger partial charge >= 0.3 is 0 Å². The number of hydrogen-bond donors (Lipinski definition) is 2. The number of aromatic amines is 1. The summed E-state index contributed by atoms with van der Waals surface area (Å²) in [5, 5.41) is 0. The number of likely N-dealkylation sites (tertiary alicyclic amines) is 1. The number of ether oxygens (including phenoxy) is 1. The number of carbonyl (C=O) groups excluding carboxylic acids is 2. The molecule has 1 unspecified atom stereocenters. The van der Waals surface area contributed by atoms with Crippen LogP contribution < -0.4 is 10.5 Å². The molecule has 7 heteroatoms. The van der Waals surface area contributed by atoms with Gasteiger partial charge in [-0.2, -0.15) is 0 Å². The lowest BCUT2D eigenvalue weighted by molar-refractivity contribution is -0.148. The second-order valence-corrected chi connectivity index (χ2v) is 10.2.